The van der Waals surface area contributed by atoms with Crippen molar-refractivity contribution < 1.29 is 9.13 Å². The van der Waals surface area contributed by atoms with Crippen molar-refractivity contribution in [1.82, 2.24) is 15.3 Å². The highest BCUT2D eigenvalue weighted by atomic mass is 19.1. The zero-order valence-corrected chi connectivity index (χ0v) is 10.8. The molecule has 0 bridgehead atoms. The number of aromatic nitrogens is 2. The van der Waals surface area contributed by atoms with E-state index >= 15 is 0 Å². The van der Waals surface area contributed by atoms with Crippen molar-refractivity contribution in [2.45, 2.75) is 6.10 Å². The first-order valence-corrected chi connectivity index (χ1v) is 6.42. The van der Waals surface area contributed by atoms with Crippen LogP contribution in [0.2, 0.25) is 0 Å². The number of nitrogens with zero attached hydrogens (tertiary/aromatic N) is 2. The Morgan fingerprint density at radius 1 is 1.58 bits per heavy atom. The Bertz CT molecular complexity index is 569. The molecule has 2 aromatic rings. The van der Waals surface area contributed by atoms with Crippen LogP contribution in [0, 0.1) is 5.82 Å². The third-order valence-corrected chi connectivity index (χ3v) is 3.30. The average molecular weight is 264 g/mol. The van der Waals surface area contributed by atoms with Crippen LogP contribution in [0.4, 0.5) is 10.3 Å². The predicted molar refractivity (Wildman–Crippen MR) is 71.9 cm³/mol. The number of morpholine rings is 1. The fourth-order valence-electron chi connectivity index (χ4n) is 2.38. The van der Waals surface area contributed by atoms with E-state index in [4.69, 9.17) is 4.74 Å². The van der Waals surface area contributed by atoms with Crippen LogP contribution in [0.5, 0.6) is 0 Å². The normalized spacial score (nSPS) is 20.1. The van der Waals surface area contributed by atoms with Gasteiger partial charge in [0.25, 0.3) is 0 Å². The minimum atomic E-state index is -0.252. The zero-order chi connectivity index (χ0) is 13.2. The molecule has 2 N–H and O–H groups in total. The lowest BCUT2D eigenvalue weighted by atomic mass is 10.3. The summed E-state index contributed by atoms with van der Waals surface area (Å²) < 4.78 is 18.8. The molecule has 2 heterocycles. The molecule has 1 unspecified atom stereocenters. The molecule has 19 heavy (non-hydrogen) atoms. The highest BCUT2D eigenvalue weighted by molar-refractivity contribution is 5.77. The van der Waals surface area contributed by atoms with E-state index in [1.165, 1.54) is 12.1 Å². The third-order valence-electron chi connectivity index (χ3n) is 3.30. The molecular weight excluding hydrogens is 247 g/mol. The quantitative estimate of drug-likeness (QED) is 0.872. The molecule has 6 heteroatoms. The van der Waals surface area contributed by atoms with Crippen LogP contribution in [0.1, 0.15) is 0 Å². The molecule has 0 spiro atoms. The Balaban J connectivity index is 1.83. The molecular formula is C13H17FN4O. The fourth-order valence-corrected chi connectivity index (χ4v) is 2.38. The lowest BCUT2D eigenvalue weighted by Gasteiger charge is -2.32. The highest BCUT2D eigenvalue weighted by Gasteiger charge is 2.22. The monoisotopic (exact) mass is 264 g/mol. The zero-order valence-electron chi connectivity index (χ0n) is 10.8. The number of rotatable bonds is 3. The molecule has 1 aromatic carbocycles. The molecule has 0 radical (unpaired) electrons. The fraction of sp³-hybridized carbons (Fsp3) is 0.462. The molecule has 1 aromatic heterocycles. The second-order valence-corrected chi connectivity index (χ2v) is 4.72. The van der Waals surface area contributed by atoms with Crippen LogP contribution in [-0.4, -0.2) is 49.4 Å². The average Bonchev–Trinajstić information content (AvgIpc) is 2.82. The highest BCUT2D eigenvalue weighted by Crippen LogP contribution is 2.20. The SMILES string of the molecule is CNCC1CN(c2nc3ccc(F)cc3[nH]2)CCO1. The molecule has 1 aliphatic heterocycles. The summed E-state index contributed by atoms with van der Waals surface area (Å²) in [5.74, 6) is 0.530. The van der Waals surface area contributed by atoms with Crippen LogP contribution in [0.15, 0.2) is 18.2 Å². The third kappa shape index (κ3) is 2.54. The van der Waals surface area contributed by atoms with E-state index in [9.17, 15) is 4.39 Å². The standard InChI is InChI=1S/C13H17FN4O/c1-15-7-10-8-18(4-5-19-10)13-16-11-3-2-9(14)6-12(11)17-13/h2-3,6,10,15H,4-5,7-8H2,1H3,(H,16,17). The Morgan fingerprint density at radius 2 is 2.47 bits per heavy atom. The van der Waals surface area contributed by atoms with Crippen LogP contribution in [-0.2, 0) is 4.74 Å². The van der Waals surface area contributed by atoms with Crippen LogP contribution in [0.25, 0.3) is 11.0 Å². The summed E-state index contributed by atoms with van der Waals surface area (Å²) in [6, 6.07) is 4.59. The summed E-state index contributed by atoms with van der Waals surface area (Å²) >= 11 is 0. The number of nitrogens with one attached hydrogen (secondary N) is 2. The van der Waals surface area contributed by atoms with Crippen molar-refractivity contribution in [1.29, 1.82) is 0 Å². The van der Waals surface area contributed by atoms with E-state index in [1.807, 2.05) is 7.05 Å². The first-order chi connectivity index (χ1) is 9.26. The Kier molecular flexibility index (Phi) is 3.35. The van der Waals surface area contributed by atoms with E-state index < -0.39 is 0 Å². The van der Waals surface area contributed by atoms with Gasteiger partial charge < -0.3 is 19.9 Å². The summed E-state index contributed by atoms with van der Waals surface area (Å²) in [5.41, 5.74) is 1.51. The number of benzene rings is 1. The van der Waals surface area contributed by atoms with Gasteiger partial charge in [-0.05, 0) is 25.2 Å². The Morgan fingerprint density at radius 3 is 3.32 bits per heavy atom. The Hall–Kier alpha value is -1.66. The van der Waals surface area contributed by atoms with Crippen molar-refractivity contribution >= 4 is 17.0 Å². The second-order valence-electron chi connectivity index (χ2n) is 4.72. The largest absolute Gasteiger partial charge is 0.373 e. The summed E-state index contributed by atoms with van der Waals surface area (Å²) in [6.07, 6.45) is 0.156. The van der Waals surface area contributed by atoms with E-state index in [2.05, 4.69) is 20.2 Å². The summed E-state index contributed by atoms with van der Waals surface area (Å²) in [5, 5.41) is 3.11. The number of hydrogen-bond donors (Lipinski definition) is 2. The second kappa shape index (κ2) is 5.14. The molecule has 1 saturated heterocycles. The van der Waals surface area contributed by atoms with Crippen molar-refractivity contribution in [2.24, 2.45) is 0 Å². The van der Waals surface area contributed by atoms with Crippen molar-refractivity contribution in [3.05, 3.63) is 24.0 Å². The lowest BCUT2D eigenvalue weighted by molar-refractivity contribution is 0.0417. The summed E-state index contributed by atoms with van der Waals surface area (Å²) in [4.78, 5) is 9.81. The van der Waals surface area contributed by atoms with Crippen LogP contribution < -0.4 is 10.2 Å². The number of H-pyrrole nitrogens is 1. The maximum atomic E-state index is 13.2. The number of ether oxygens (including phenoxy) is 1. The molecule has 0 amide bonds. The lowest BCUT2D eigenvalue weighted by Crippen LogP contribution is -2.46. The first-order valence-electron chi connectivity index (χ1n) is 6.42. The van der Waals surface area contributed by atoms with Crippen LogP contribution >= 0.6 is 0 Å². The first kappa shape index (κ1) is 12.4. The molecule has 102 valence electrons. The van der Waals surface area contributed by atoms with Gasteiger partial charge in [0.2, 0.25) is 5.95 Å². The van der Waals surface area contributed by atoms with Gasteiger partial charge >= 0.3 is 0 Å². The van der Waals surface area contributed by atoms with Crippen molar-refractivity contribution in [2.75, 3.05) is 38.2 Å². The van der Waals surface area contributed by atoms with Gasteiger partial charge in [0.15, 0.2) is 0 Å². The van der Waals surface area contributed by atoms with E-state index in [0.29, 0.717) is 6.61 Å². The van der Waals surface area contributed by atoms with E-state index in [0.717, 1.165) is 36.6 Å². The number of aromatic amines is 1. The Labute approximate surface area is 110 Å². The molecule has 1 fully saturated rings. The number of anilines is 1. The molecule has 5 nitrogen and oxygen atoms in total. The van der Waals surface area contributed by atoms with E-state index in [1.54, 1.807) is 6.07 Å². The molecule has 0 saturated carbocycles. The van der Waals surface area contributed by atoms with Gasteiger partial charge in [-0.2, -0.15) is 0 Å². The maximum absolute atomic E-state index is 13.2. The molecule has 1 aliphatic rings. The number of imidazole rings is 1. The van der Waals surface area contributed by atoms with Gasteiger partial charge in [0.1, 0.15) is 5.82 Å². The molecule has 1 atom stereocenters. The van der Waals surface area contributed by atoms with Gasteiger partial charge in [-0.1, -0.05) is 0 Å². The smallest absolute Gasteiger partial charge is 0.204 e. The minimum absolute atomic E-state index is 0.156. The topological polar surface area (TPSA) is 53.2 Å². The van der Waals surface area contributed by atoms with Gasteiger partial charge in [0.05, 0.1) is 23.7 Å². The summed E-state index contributed by atoms with van der Waals surface area (Å²) in [6.45, 7) is 3.06. The molecule has 3 rings (SSSR count). The van der Waals surface area contributed by atoms with Crippen LogP contribution in [0.3, 0.4) is 0 Å². The minimum Gasteiger partial charge on any atom is -0.373 e. The van der Waals surface area contributed by atoms with E-state index in [-0.39, 0.29) is 11.9 Å². The predicted octanol–water partition coefficient (Wildman–Crippen LogP) is 1.13. The molecule has 0 aliphatic carbocycles. The van der Waals surface area contributed by atoms with Crippen molar-refractivity contribution in [3.8, 4) is 0 Å². The number of halogens is 1. The maximum Gasteiger partial charge on any atom is 0.204 e. The van der Waals surface area contributed by atoms with Gasteiger partial charge in [-0.15, -0.1) is 0 Å². The summed E-state index contributed by atoms with van der Waals surface area (Å²) in [7, 11) is 1.91. The van der Waals surface area contributed by atoms with Crippen molar-refractivity contribution in [3.63, 3.8) is 0 Å². The number of hydrogen-bond acceptors (Lipinski definition) is 4. The van der Waals surface area contributed by atoms with Gasteiger partial charge in [-0.25, -0.2) is 9.37 Å². The van der Waals surface area contributed by atoms with Gasteiger partial charge in [0, 0.05) is 19.6 Å². The number of fused-ring (bicyclic) bond motifs is 1. The number of likely N-dealkylation sites (N-methyl/N-ethyl adjacent to an activating group) is 1. The van der Waals surface area contributed by atoms with Gasteiger partial charge in [-0.3, -0.25) is 0 Å².